The summed E-state index contributed by atoms with van der Waals surface area (Å²) in [6.45, 7) is 0.206. The Morgan fingerprint density at radius 2 is 1.96 bits per heavy atom. The molecular weight excluding hydrogens is 344 g/mol. The van der Waals surface area contributed by atoms with Crippen molar-refractivity contribution in [3.63, 3.8) is 0 Å². The van der Waals surface area contributed by atoms with Crippen LogP contribution in [-0.2, 0) is 9.59 Å². The molecule has 1 aliphatic rings. The molecule has 25 heavy (non-hydrogen) atoms. The van der Waals surface area contributed by atoms with E-state index in [1.165, 1.54) is 11.1 Å². The predicted molar refractivity (Wildman–Crippen MR) is 91.8 cm³/mol. The van der Waals surface area contributed by atoms with Gasteiger partial charge in [-0.25, -0.2) is 0 Å². The van der Waals surface area contributed by atoms with E-state index in [9.17, 15) is 14.4 Å². The third-order valence-electron chi connectivity index (χ3n) is 3.86. The number of nitrogens with one attached hydrogen (secondary N) is 2. The maximum absolute atomic E-state index is 12.2. The fourth-order valence-electron chi connectivity index (χ4n) is 2.58. The summed E-state index contributed by atoms with van der Waals surface area (Å²) in [7, 11) is 0. The number of anilines is 1. The molecular formula is C17H15ClN4O3. The fourth-order valence-corrected chi connectivity index (χ4v) is 2.81. The number of halogens is 1. The highest BCUT2D eigenvalue weighted by molar-refractivity contribution is 6.33. The van der Waals surface area contributed by atoms with Crippen LogP contribution in [0.5, 0.6) is 0 Å². The molecule has 1 unspecified atom stereocenters. The Balaban J connectivity index is 1.60. The highest BCUT2D eigenvalue weighted by atomic mass is 35.5. The SMILES string of the molecule is O=C(NNC(=O)C1CC(=O)N(c2ccccc2Cl)C1)c1cccnc1. The topological polar surface area (TPSA) is 91.4 Å². The number of hydrazine groups is 1. The number of pyridine rings is 1. The molecule has 0 spiro atoms. The molecule has 1 aliphatic heterocycles. The molecule has 3 rings (SSSR count). The average Bonchev–Trinajstić information content (AvgIpc) is 3.02. The van der Waals surface area contributed by atoms with Gasteiger partial charge >= 0.3 is 0 Å². The van der Waals surface area contributed by atoms with E-state index in [2.05, 4.69) is 15.8 Å². The van der Waals surface area contributed by atoms with Crippen LogP contribution < -0.4 is 15.8 Å². The molecule has 1 aromatic carbocycles. The van der Waals surface area contributed by atoms with E-state index in [0.717, 1.165) is 0 Å². The van der Waals surface area contributed by atoms with Crippen LogP contribution in [0.3, 0.4) is 0 Å². The predicted octanol–water partition coefficient (Wildman–Crippen LogP) is 1.55. The van der Waals surface area contributed by atoms with Gasteiger partial charge < -0.3 is 4.90 Å². The number of nitrogens with zero attached hydrogens (tertiary/aromatic N) is 2. The first-order chi connectivity index (χ1) is 12.1. The first-order valence-corrected chi connectivity index (χ1v) is 7.99. The Morgan fingerprint density at radius 1 is 1.16 bits per heavy atom. The van der Waals surface area contributed by atoms with E-state index in [1.54, 1.807) is 42.6 Å². The van der Waals surface area contributed by atoms with E-state index in [1.807, 2.05) is 0 Å². The lowest BCUT2D eigenvalue weighted by Crippen LogP contribution is -2.45. The highest BCUT2D eigenvalue weighted by Crippen LogP contribution is 2.30. The van der Waals surface area contributed by atoms with Gasteiger partial charge in [-0.3, -0.25) is 30.2 Å². The molecule has 0 aliphatic carbocycles. The summed E-state index contributed by atoms with van der Waals surface area (Å²) in [5.41, 5.74) is 5.57. The number of hydrogen-bond acceptors (Lipinski definition) is 4. The van der Waals surface area contributed by atoms with Gasteiger partial charge in [0, 0.05) is 25.4 Å². The maximum Gasteiger partial charge on any atom is 0.271 e. The van der Waals surface area contributed by atoms with Crippen LogP contribution in [0.1, 0.15) is 16.8 Å². The third kappa shape index (κ3) is 3.77. The zero-order valence-electron chi connectivity index (χ0n) is 13.1. The molecule has 0 radical (unpaired) electrons. The van der Waals surface area contributed by atoms with Gasteiger partial charge in [-0.05, 0) is 24.3 Å². The minimum atomic E-state index is -0.571. The number of hydrogen-bond donors (Lipinski definition) is 2. The van der Waals surface area contributed by atoms with Crippen LogP contribution in [0.2, 0.25) is 5.02 Å². The first kappa shape index (κ1) is 16.9. The lowest BCUT2D eigenvalue weighted by molar-refractivity contribution is -0.126. The molecule has 8 heteroatoms. The van der Waals surface area contributed by atoms with Gasteiger partial charge in [0.05, 0.1) is 22.2 Å². The standard InChI is InChI=1S/C17H15ClN4O3/c18-13-5-1-2-6-14(13)22-10-12(8-15(22)23)17(25)21-20-16(24)11-4-3-7-19-9-11/h1-7,9,12H,8,10H2,(H,20,24)(H,21,25). The first-order valence-electron chi connectivity index (χ1n) is 7.61. The summed E-state index contributed by atoms with van der Waals surface area (Å²) in [4.78, 5) is 41.6. The maximum atomic E-state index is 12.2. The van der Waals surface area contributed by atoms with Crippen molar-refractivity contribution in [2.75, 3.05) is 11.4 Å². The zero-order chi connectivity index (χ0) is 17.8. The van der Waals surface area contributed by atoms with Crippen LogP contribution >= 0.6 is 11.6 Å². The number of para-hydroxylation sites is 1. The van der Waals surface area contributed by atoms with Crippen molar-refractivity contribution in [3.8, 4) is 0 Å². The van der Waals surface area contributed by atoms with Crippen LogP contribution in [0, 0.1) is 5.92 Å². The molecule has 2 aromatic rings. The number of aromatic nitrogens is 1. The number of rotatable bonds is 3. The molecule has 2 N–H and O–H groups in total. The Hall–Kier alpha value is -2.93. The van der Waals surface area contributed by atoms with Crippen molar-refractivity contribution < 1.29 is 14.4 Å². The molecule has 3 amide bonds. The van der Waals surface area contributed by atoms with E-state index in [-0.39, 0.29) is 18.9 Å². The van der Waals surface area contributed by atoms with Crippen LogP contribution in [0.15, 0.2) is 48.8 Å². The Labute approximate surface area is 149 Å². The highest BCUT2D eigenvalue weighted by Gasteiger charge is 2.36. The third-order valence-corrected chi connectivity index (χ3v) is 4.18. The van der Waals surface area contributed by atoms with E-state index in [4.69, 9.17) is 11.6 Å². The van der Waals surface area contributed by atoms with E-state index >= 15 is 0 Å². The number of benzene rings is 1. The van der Waals surface area contributed by atoms with Crippen molar-refractivity contribution in [1.29, 1.82) is 0 Å². The summed E-state index contributed by atoms with van der Waals surface area (Å²) in [5, 5.41) is 0.446. The van der Waals surface area contributed by atoms with Gasteiger partial charge in [0.15, 0.2) is 0 Å². The van der Waals surface area contributed by atoms with Gasteiger partial charge in [0.1, 0.15) is 0 Å². The van der Waals surface area contributed by atoms with Crippen molar-refractivity contribution in [3.05, 3.63) is 59.4 Å². The van der Waals surface area contributed by atoms with E-state index < -0.39 is 17.7 Å². The second kappa shape index (κ2) is 7.31. The molecule has 1 aromatic heterocycles. The van der Waals surface area contributed by atoms with E-state index in [0.29, 0.717) is 16.3 Å². The van der Waals surface area contributed by atoms with Crippen molar-refractivity contribution >= 4 is 35.0 Å². The van der Waals surface area contributed by atoms with Crippen molar-refractivity contribution in [2.24, 2.45) is 5.92 Å². The molecule has 1 saturated heterocycles. The second-order valence-electron chi connectivity index (χ2n) is 5.54. The lowest BCUT2D eigenvalue weighted by atomic mass is 10.1. The molecule has 1 fully saturated rings. The van der Waals surface area contributed by atoms with Crippen molar-refractivity contribution in [2.45, 2.75) is 6.42 Å². The van der Waals surface area contributed by atoms with Gasteiger partial charge in [-0.1, -0.05) is 23.7 Å². The van der Waals surface area contributed by atoms with Gasteiger partial charge in [0.2, 0.25) is 11.8 Å². The molecule has 2 heterocycles. The van der Waals surface area contributed by atoms with Crippen LogP contribution in [-0.4, -0.2) is 29.3 Å². The summed E-state index contributed by atoms with van der Waals surface area (Å²) >= 11 is 6.11. The monoisotopic (exact) mass is 358 g/mol. The normalized spacial score (nSPS) is 16.6. The summed E-state index contributed by atoms with van der Waals surface area (Å²) in [5.74, 6) is -1.67. The van der Waals surface area contributed by atoms with Crippen LogP contribution in [0.25, 0.3) is 0 Å². The summed E-state index contributed by atoms with van der Waals surface area (Å²) < 4.78 is 0. The summed E-state index contributed by atoms with van der Waals surface area (Å²) in [6, 6.07) is 10.2. The molecule has 0 bridgehead atoms. The number of carbonyl (C=O) groups is 3. The Kier molecular flexibility index (Phi) is 4.95. The zero-order valence-corrected chi connectivity index (χ0v) is 13.9. The van der Waals surface area contributed by atoms with Gasteiger partial charge in [-0.15, -0.1) is 0 Å². The lowest BCUT2D eigenvalue weighted by Gasteiger charge is -2.18. The fraction of sp³-hybridized carbons (Fsp3) is 0.176. The summed E-state index contributed by atoms with van der Waals surface area (Å²) in [6.07, 6.45) is 2.99. The minimum Gasteiger partial charge on any atom is -0.310 e. The Morgan fingerprint density at radius 3 is 2.68 bits per heavy atom. The smallest absolute Gasteiger partial charge is 0.271 e. The molecule has 0 saturated carbocycles. The molecule has 1 atom stereocenters. The number of carbonyl (C=O) groups excluding carboxylic acids is 3. The molecule has 7 nitrogen and oxygen atoms in total. The minimum absolute atomic E-state index is 0.0554. The van der Waals surface area contributed by atoms with Gasteiger partial charge in [0.25, 0.3) is 5.91 Å². The second-order valence-corrected chi connectivity index (χ2v) is 5.95. The number of amides is 3. The van der Waals surface area contributed by atoms with Gasteiger partial charge in [-0.2, -0.15) is 0 Å². The average molecular weight is 359 g/mol. The largest absolute Gasteiger partial charge is 0.310 e. The Bertz CT molecular complexity index is 813. The molecule has 128 valence electrons. The van der Waals surface area contributed by atoms with Crippen LogP contribution in [0.4, 0.5) is 5.69 Å². The van der Waals surface area contributed by atoms with Crippen molar-refractivity contribution in [1.82, 2.24) is 15.8 Å². The quantitative estimate of drug-likeness (QED) is 0.814.